The fraction of sp³-hybridized carbons (Fsp3) is 0.944. The summed E-state index contributed by atoms with van der Waals surface area (Å²) in [5.74, 6) is 0.424. The normalized spacial score (nSPS) is 13.1. The summed E-state index contributed by atoms with van der Waals surface area (Å²) in [7, 11) is 0. The molecule has 0 aromatic rings. The second-order valence-electron chi connectivity index (χ2n) is 6.27. The van der Waals surface area contributed by atoms with Crippen LogP contribution in [0, 0.1) is 5.92 Å². The van der Waals surface area contributed by atoms with E-state index in [-0.39, 0.29) is 0 Å². The summed E-state index contributed by atoms with van der Waals surface area (Å²) in [4.78, 5) is 0. The second-order valence-corrected chi connectivity index (χ2v) is 6.27. The summed E-state index contributed by atoms with van der Waals surface area (Å²) in [5, 5.41) is 11.5. The molecule has 2 heteroatoms. The van der Waals surface area contributed by atoms with Crippen LogP contribution in [0.3, 0.4) is 0 Å². The molecule has 1 N–H and O–H groups in total. The van der Waals surface area contributed by atoms with Crippen molar-refractivity contribution < 1.29 is 5.21 Å². The molecular weight excluding hydrogens is 246 g/mol. The Morgan fingerprint density at radius 2 is 1.15 bits per heavy atom. The van der Waals surface area contributed by atoms with E-state index in [0.717, 1.165) is 6.42 Å². The van der Waals surface area contributed by atoms with Gasteiger partial charge in [-0.15, -0.1) is 5.16 Å². The first-order valence-electron chi connectivity index (χ1n) is 8.98. The molecule has 0 rings (SSSR count). The molecule has 0 fully saturated rings. The summed E-state index contributed by atoms with van der Waals surface area (Å²) >= 11 is 0. The van der Waals surface area contributed by atoms with E-state index in [4.69, 9.17) is 5.21 Å². The maximum atomic E-state index is 8.41. The molecule has 2 nitrogen and oxygen atoms in total. The van der Waals surface area contributed by atoms with Crippen molar-refractivity contribution in [2.75, 3.05) is 0 Å². The van der Waals surface area contributed by atoms with Crippen molar-refractivity contribution in [3.63, 3.8) is 0 Å². The minimum Gasteiger partial charge on any atom is -0.411 e. The van der Waals surface area contributed by atoms with Crippen LogP contribution in [-0.2, 0) is 0 Å². The van der Waals surface area contributed by atoms with Crippen molar-refractivity contribution in [1.82, 2.24) is 0 Å². The van der Waals surface area contributed by atoms with Gasteiger partial charge < -0.3 is 5.21 Å². The molecule has 20 heavy (non-hydrogen) atoms. The highest BCUT2D eigenvalue weighted by Crippen LogP contribution is 2.14. The van der Waals surface area contributed by atoms with Crippen LogP contribution in [0.25, 0.3) is 0 Å². The first-order chi connectivity index (χ1) is 9.81. The van der Waals surface area contributed by atoms with E-state index in [1.54, 1.807) is 6.21 Å². The number of unbranched alkanes of at least 4 members (excludes halogenated alkanes) is 12. The highest BCUT2D eigenvalue weighted by atomic mass is 16.4. The third kappa shape index (κ3) is 15.5. The molecular formula is C18H37NO. The lowest BCUT2D eigenvalue weighted by Crippen LogP contribution is -1.95. The van der Waals surface area contributed by atoms with Crippen LogP contribution in [0.1, 0.15) is 104 Å². The molecule has 0 aliphatic heterocycles. The van der Waals surface area contributed by atoms with Gasteiger partial charge in [0.2, 0.25) is 0 Å². The van der Waals surface area contributed by atoms with Crippen molar-refractivity contribution >= 4 is 6.21 Å². The minimum atomic E-state index is 0.424. The predicted molar refractivity (Wildman–Crippen MR) is 89.8 cm³/mol. The Morgan fingerprint density at radius 1 is 0.750 bits per heavy atom. The van der Waals surface area contributed by atoms with E-state index in [2.05, 4.69) is 19.0 Å². The van der Waals surface area contributed by atoms with Gasteiger partial charge in [-0.05, 0) is 12.3 Å². The number of hydrogen-bond donors (Lipinski definition) is 1. The van der Waals surface area contributed by atoms with Crippen molar-refractivity contribution in [1.29, 1.82) is 0 Å². The van der Waals surface area contributed by atoms with E-state index in [1.807, 2.05) is 0 Å². The molecule has 0 aliphatic carbocycles. The van der Waals surface area contributed by atoms with Gasteiger partial charge in [-0.25, -0.2) is 0 Å². The van der Waals surface area contributed by atoms with Gasteiger partial charge in [0, 0.05) is 6.21 Å². The van der Waals surface area contributed by atoms with Crippen LogP contribution in [0.2, 0.25) is 0 Å². The summed E-state index contributed by atoms with van der Waals surface area (Å²) < 4.78 is 0. The zero-order valence-electron chi connectivity index (χ0n) is 13.9. The SMILES string of the molecule is CCCCCCCCCCCCCCCC(C)C=NO. The molecule has 1 unspecified atom stereocenters. The van der Waals surface area contributed by atoms with Crippen molar-refractivity contribution in [2.24, 2.45) is 11.1 Å². The average Bonchev–Trinajstić information content (AvgIpc) is 2.44. The monoisotopic (exact) mass is 283 g/mol. The maximum Gasteiger partial charge on any atom is 0.0464 e. The van der Waals surface area contributed by atoms with Crippen LogP contribution in [-0.4, -0.2) is 11.4 Å². The summed E-state index contributed by atoms with van der Waals surface area (Å²) in [6, 6.07) is 0. The van der Waals surface area contributed by atoms with E-state index in [9.17, 15) is 0 Å². The third-order valence-electron chi connectivity index (χ3n) is 4.08. The quantitative estimate of drug-likeness (QED) is 0.157. The highest BCUT2D eigenvalue weighted by molar-refractivity contribution is 5.58. The molecule has 120 valence electrons. The minimum absolute atomic E-state index is 0.424. The Balaban J connectivity index is 3.02. The molecule has 0 amide bonds. The van der Waals surface area contributed by atoms with Gasteiger partial charge in [-0.2, -0.15) is 0 Å². The molecule has 1 atom stereocenters. The third-order valence-corrected chi connectivity index (χ3v) is 4.08. The Morgan fingerprint density at radius 3 is 1.55 bits per heavy atom. The maximum absolute atomic E-state index is 8.41. The lowest BCUT2D eigenvalue weighted by Gasteiger charge is -2.05. The topological polar surface area (TPSA) is 32.6 Å². The molecule has 0 radical (unpaired) electrons. The van der Waals surface area contributed by atoms with Crippen LogP contribution in [0.15, 0.2) is 5.16 Å². The van der Waals surface area contributed by atoms with E-state index < -0.39 is 0 Å². The Labute approximate surface area is 127 Å². The number of nitrogens with zero attached hydrogens (tertiary/aromatic N) is 1. The van der Waals surface area contributed by atoms with Gasteiger partial charge >= 0.3 is 0 Å². The summed E-state index contributed by atoms with van der Waals surface area (Å²) in [5.41, 5.74) is 0. The molecule has 0 bridgehead atoms. The largest absolute Gasteiger partial charge is 0.411 e. The van der Waals surface area contributed by atoms with Gasteiger partial charge in [0.15, 0.2) is 0 Å². The Kier molecular flexibility index (Phi) is 16.1. The average molecular weight is 283 g/mol. The fourth-order valence-electron chi connectivity index (χ4n) is 2.67. The van der Waals surface area contributed by atoms with Gasteiger partial charge in [0.1, 0.15) is 0 Å². The number of oxime groups is 1. The van der Waals surface area contributed by atoms with Crippen LogP contribution < -0.4 is 0 Å². The van der Waals surface area contributed by atoms with Crippen LogP contribution in [0.4, 0.5) is 0 Å². The summed E-state index contributed by atoms with van der Waals surface area (Å²) in [6.07, 6.45) is 21.0. The first kappa shape index (κ1) is 19.5. The van der Waals surface area contributed by atoms with Gasteiger partial charge in [-0.3, -0.25) is 0 Å². The Bertz CT molecular complexity index is 204. The van der Waals surface area contributed by atoms with Crippen LogP contribution in [0.5, 0.6) is 0 Å². The Hall–Kier alpha value is -0.530. The number of rotatable bonds is 15. The van der Waals surface area contributed by atoms with Crippen molar-refractivity contribution in [3.8, 4) is 0 Å². The highest BCUT2D eigenvalue weighted by Gasteiger charge is 1.98. The van der Waals surface area contributed by atoms with Gasteiger partial charge in [0.25, 0.3) is 0 Å². The molecule has 0 saturated heterocycles. The van der Waals surface area contributed by atoms with Crippen molar-refractivity contribution in [2.45, 2.75) is 104 Å². The van der Waals surface area contributed by atoms with E-state index >= 15 is 0 Å². The van der Waals surface area contributed by atoms with Crippen molar-refractivity contribution in [3.05, 3.63) is 0 Å². The zero-order chi connectivity index (χ0) is 14.9. The van der Waals surface area contributed by atoms with Crippen LogP contribution >= 0.6 is 0 Å². The lowest BCUT2D eigenvalue weighted by atomic mass is 10.0. The molecule has 0 aromatic heterocycles. The summed E-state index contributed by atoms with van der Waals surface area (Å²) in [6.45, 7) is 4.39. The van der Waals surface area contributed by atoms with E-state index in [1.165, 1.54) is 83.5 Å². The molecule has 0 aliphatic rings. The molecule has 0 saturated carbocycles. The fourth-order valence-corrected chi connectivity index (χ4v) is 2.67. The predicted octanol–water partition coefficient (Wildman–Crippen LogP) is 6.56. The number of hydrogen-bond acceptors (Lipinski definition) is 2. The smallest absolute Gasteiger partial charge is 0.0464 e. The molecule has 0 spiro atoms. The van der Waals surface area contributed by atoms with Gasteiger partial charge in [-0.1, -0.05) is 97.3 Å². The lowest BCUT2D eigenvalue weighted by molar-refractivity contribution is 0.318. The van der Waals surface area contributed by atoms with E-state index in [0.29, 0.717) is 5.92 Å². The molecule has 0 heterocycles. The second kappa shape index (κ2) is 16.5. The van der Waals surface area contributed by atoms with Gasteiger partial charge in [0.05, 0.1) is 0 Å². The standard InChI is InChI=1S/C18H37NO/c1-3-4-5-6-7-8-9-10-11-12-13-14-15-16-18(2)17-19-20/h17-18,20H,3-16H2,1-2H3. The first-order valence-corrected chi connectivity index (χ1v) is 8.98. The zero-order valence-corrected chi connectivity index (χ0v) is 13.9. The molecule has 0 aromatic carbocycles.